The summed E-state index contributed by atoms with van der Waals surface area (Å²) in [6, 6.07) is 7.79. The van der Waals surface area contributed by atoms with Gasteiger partial charge in [0.15, 0.2) is 11.9 Å². The molecule has 9 nitrogen and oxygen atoms in total. The summed E-state index contributed by atoms with van der Waals surface area (Å²) < 4.78 is 9.45. The molecule has 0 amide bonds. The maximum absolute atomic E-state index is 5.77. The number of nitrogens with two attached hydrogens (primary N) is 4. The number of aromatic nitrogens is 2. The number of guanidine groups is 2. The van der Waals surface area contributed by atoms with Gasteiger partial charge in [-0.3, -0.25) is 0 Å². The van der Waals surface area contributed by atoms with E-state index in [4.69, 9.17) is 27.7 Å². The maximum atomic E-state index is 5.77. The maximum Gasteiger partial charge on any atom is 0.254 e. The normalized spacial score (nSPS) is 10.7. The van der Waals surface area contributed by atoms with Gasteiger partial charge in [0.05, 0.1) is 13.6 Å². The van der Waals surface area contributed by atoms with Crippen molar-refractivity contribution in [1.29, 1.82) is 0 Å². The minimum atomic E-state index is -0.00849. The first-order chi connectivity index (χ1) is 13.4. The Morgan fingerprint density at radius 2 is 1.59 bits per heavy atom. The molecule has 0 aliphatic carbocycles. The Labute approximate surface area is 186 Å². The molecule has 0 aliphatic heterocycles. The smallest absolute Gasteiger partial charge is 0.254 e. The predicted molar refractivity (Wildman–Crippen MR) is 113 cm³/mol. The van der Waals surface area contributed by atoms with E-state index in [9.17, 15) is 0 Å². The second kappa shape index (κ2) is 9.27. The summed E-state index contributed by atoms with van der Waals surface area (Å²) in [4.78, 5) is 8.93. The predicted octanol–water partition coefficient (Wildman–Crippen LogP) is -2.22. The van der Waals surface area contributed by atoms with Crippen LogP contribution in [0.5, 0.6) is 0 Å². The third-order valence-electron chi connectivity index (χ3n) is 4.80. The number of ether oxygens (including phenoxy) is 1. The molecule has 1 aromatic heterocycles. The van der Waals surface area contributed by atoms with Gasteiger partial charge in [-0.15, -0.1) is 0 Å². The molecular formula is C19H27IN8O. The summed E-state index contributed by atoms with van der Waals surface area (Å²) in [7, 11) is 3.67. The molecule has 2 aromatic carbocycles. The van der Waals surface area contributed by atoms with Gasteiger partial charge in [0.2, 0.25) is 11.0 Å². The molecule has 0 radical (unpaired) electrons. The lowest BCUT2D eigenvalue weighted by molar-refractivity contribution is -0.652. The van der Waals surface area contributed by atoms with Gasteiger partial charge >= 0.3 is 0 Å². The van der Waals surface area contributed by atoms with Crippen LogP contribution in [-0.2, 0) is 18.3 Å². The average molecular weight is 510 g/mol. The van der Waals surface area contributed by atoms with Crippen molar-refractivity contribution in [2.24, 2.45) is 40.0 Å². The fourth-order valence-corrected chi connectivity index (χ4v) is 3.58. The van der Waals surface area contributed by atoms with E-state index in [0.717, 1.165) is 40.6 Å². The zero-order valence-corrected chi connectivity index (χ0v) is 19.0. The molecule has 1 heterocycles. The Morgan fingerprint density at radius 1 is 1.03 bits per heavy atom. The summed E-state index contributed by atoms with van der Waals surface area (Å²) in [5.41, 5.74) is 26.2. The first kappa shape index (κ1) is 22.7. The number of methoxy groups -OCH3 is 1. The number of rotatable bonds is 6. The van der Waals surface area contributed by atoms with Crippen molar-refractivity contribution in [1.82, 2.24) is 4.57 Å². The number of aryl methyl sites for hydroxylation is 2. The highest BCUT2D eigenvalue weighted by molar-refractivity contribution is 6.16. The van der Waals surface area contributed by atoms with Crippen LogP contribution in [-0.4, -0.2) is 30.2 Å². The molecule has 8 N–H and O–H groups in total. The van der Waals surface area contributed by atoms with Gasteiger partial charge in [0.1, 0.15) is 11.4 Å². The molecule has 10 heteroatoms. The van der Waals surface area contributed by atoms with Gasteiger partial charge in [-0.05, 0) is 0 Å². The lowest BCUT2D eigenvalue weighted by Crippen LogP contribution is -3.00. The highest BCUT2D eigenvalue weighted by Gasteiger charge is 2.28. The lowest BCUT2D eigenvalue weighted by atomic mass is 10.0. The number of fused-ring (bicyclic) bond motifs is 2. The van der Waals surface area contributed by atoms with Crippen molar-refractivity contribution < 1.29 is 33.3 Å². The van der Waals surface area contributed by atoms with Crippen LogP contribution in [0.4, 0.5) is 11.4 Å². The van der Waals surface area contributed by atoms with Gasteiger partial charge in [0.25, 0.3) is 5.82 Å². The van der Waals surface area contributed by atoms with Gasteiger partial charge in [-0.1, -0.05) is 24.3 Å². The molecule has 0 bridgehead atoms. The molecule has 3 rings (SSSR count). The molecule has 0 fully saturated rings. The third-order valence-corrected chi connectivity index (χ3v) is 4.80. The number of halogens is 1. The second-order valence-electron chi connectivity index (χ2n) is 6.62. The van der Waals surface area contributed by atoms with E-state index >= 15 is 0 Å². The van der Waals surface area contributed by atoms with Gasteiger partial charge < -0.3 is 51.6 Å². The molecule has 29 heavy (non-hydrogen) atoms. The van der Waals surface area contributed by atoms with E-state index in [-0.39, 0.29) is 35.9 Å². The van der Waals surface area contributed by atoms with E-state index in [1.165, 1.54) is 0 Å². The summed E-state index contributed by atoms with van der Waals surface area (Å²) in [6.45, 7) is 3.43. The van der Waals surface area contributed by atoms with Crippen LogP contribution in [0.3, 0.4) is 0 Å². The van der Waals surface area contributed by atoms with Crippen LogP contribution >= 0.6 is 0 Å². The minimum absolute atomic E-state index is 0. The highest BCUT2D eigenvalue weighted by Crippen LogP contribution is 2.42. The Kier molecular flexibility index (Phi) is 7.25. The average Bonchev–Trinajstić information content (AvgIpc) is 2.89. The number of hydrogen-bond acceptors (Lipinski definition) is 3. The topological polar surface area (TPSA) is 147 Å². The van der Waals surface area contributed by atoms with Crippen LogP contribution in [0.25, 0.3) is 21.8 Å². The fraction of sp³-hybridized carbons (Fsp3) is 0.316. The van der Waals surface area contributed by atoms with Crippen molar-refractivity contribution in [3.8, 4) is 0 Å². The van der Waals surface area contributed by atoms with Crippen molar-refractivity contribution in [2.45, 2.75) is 19.9 Å². The van der Waals surface area contributed by atoms with Gasteiger partial charge in [0, 0.05) is 37.8 Å². The van der Waals surface area contributed by atoms with E-state index in [1.807, 2.05) is 38.2 Å². The summed E-state index contributed by atoms with van der Waals surface area (Å²) in [5.74, 6) is 1.01. The van der Waals surface area contributed by atoms with E-state index < -0.39 is 0 Å². The zero-order valence-electron chi connectivity index (χ0n) is 16.8. The van der Waals surface area contributed by atoms with Crippen molar-refractivity contribution in [3.63, 3.8) is 0 Å². The first-order valence-electron chi connectivity index (χ1n) is 8.98. The standard InChI is InChI=1S/C19H27N8O.HI/c1-11-26(2)16-14(24-18(20)21)12-7-4-5-8-13(12)15(25-19(22)23)17(16)27(11)9-6-10-28-3;/h4-5,7-8H,6,9-10H2,1-3H3,(H4,20,21,24)(H4,22,23,25);1H/q+1;/p-1. The SMILES string of the molecule is COCCCn1c(C)[n+](C)c2c(N=C(N)N)c3ccccc3c(N=C(N)N)c21.[I-]. The first-order valence-corrected chi connectivity index (χ1v) is 8.98. The summed E-state index contributed by atoms with van der Waals surface area (Å²) in [5, 5.41) is 1.74. The van der Waals surface area contributed by atoms with Crippen molar-refractivity contribution in [3.05, 3.63) is 30.1 Å². The molecule has 0 saturated heterocycles. The largest absolute Gasteiger partial charge is 1.00 e. The Balaban J connectivity index is 0.00000300. The molecule has 3 aromatic rings. The molecule has 0 spiro atoms. The second-order valence-corrected chi connectivity index (χ2v) is 6.62. The molecule has 0 aliphatic rings. The van der Waals surface area contributed by atoms with Crippen LogP contribution in [0.1, 0.15) is 12.2 Å². The number of imidazole rings is 1. The van der Waals surface area contributed by atoms with E-state index in [0.29, 0.717) is 18.0 Å². The molecule has 0 unspecified atom stereocenters. The highest BCUT2D eigenvalue weighted by atomic mass is 127. The van der Waals surface area contributed by atoms with Gasteiger partial charge in [-0.2, -0.15) is 0 Å². The minimum Gasteiger partial charge on any atom is -1.00 e. The van der Waals surface area contributed by atoms with Crippen LogP contribution in [0.2, 0.25) is 0 Å². The summed E-state index contributed by atoms with van der Waals surface area (Å²) in [6.07, 6.45) is 0.840. The summed E-state index contributed by atoms with van der Waals surface area (Å²) >= 11 is 0. The molecule has 0 saturated carbocycles. The van der Waals surface area contributed by atoms with Crippen molar-refractivity contribution >= 4 is 45.1 Å². The van der Waals surface area contributed by atoms with Crippen LogP contribution in [0, 0.1) is 6.92 Å². The molecular weight excluding hydrogens is 483 g/mol. The molecule has 0 atom stereocenters. The quantitative estimate of drug-likeness (QED) is 0.0976. The third kappa shape index (κ3) is 4.22. The fourth-order valence-electron chi connectivity index (χ4n) is 3.58. The van der Waals surface area contributed by atoms with Crippen LogP contribution in [0.15, 0.2) is 34.3 Å². The Morgan fingerprint density at radius 3 is 2.14 bits per heavy atom. The van der Waals surface area contributed by atoms with E-state index in [2.05, 4.69) is 19.1 Å². The number of benzene rings is 2. The number of hydrogen-bond donors (Lipinski definition) is 4. The molecule has 156 valence electrons. The Hall–Kier alpha value is -2.60. The zero-order chi connectivity index (χ0) is 20.4. The number of aliphatic imine (C=N–C) groups is 2. The van der Waals surface area contributed by atoms with E-state index in [1.54, 1.807) is 7.11 Å². The lowest BCUT2D eigenvalue weighted by Gasteiger charge is -2.09. The van der Waals surface area contributed by atoms with Gasteiger partial charge in [-0.25, -0.2) is 19.1 Å². The number of nitrogens with zero attached hydrogens (tertiary/aromatic N) is 4. The Bertz CT molecular complexity index is 1090. The van der Waals surface area contributed by atoms with Crippen molar-refractivity contribution in [2.75, 3.05) is 13.7 Å². The monoisotopic (exact) mass is 510 g/mol. The van der Waals surface area contributed by atoms with Crippen LogP contribution < -0.4 is 51.5 Å².